The first kappa shape index (κ1) is 17.2. The Bertz CT molecular complexity index is 1010. The molecule has 0 aliphatic heterocycles. The van der Waals surface area contributed by atoms with Crippen LogP contribution >= 0.6 is 0 Å². The molecule has 0 bridgehead atoms. The molecular formula is C17H18FN7O2. The Morgan fingerprint density at radius 3 is 3.00 bits per heavy atom. The number of hydrogen-bond acceptors (Lipinski definition) is 7. The van der Waals surface area contributed by atoms with Gasteiger partial charge in [-0.05, 0) is 19.3 Å². The Balaban J connectivity index is 1.60. The summed E-state index contributed by atoms with van der Waals surface area (Å²) < 4.78 is 20.4. The van der Waals surface area contributed by atoms with Crippen molar-refractivity contribution < 1.29 is 13.9 Å². The first-order valence-electron chi connectivity index (χ1n) is 8.48. The van der Waals surface area contributed by atoms with Crippen LogP contribution in [0.2, 0.25) is 0 Å². The van der Waals surface area contributed by atoms with Crippen molar-refractivity contribution in [1.29, 1.82) is 0 Å². The predicted molar refractivity (Wildman–Crippen MR) is 95.8 cm³/mol. The molecule has 1 aliphatic carbocycles. The zero-order valence-electron chi connectivity index (χ0n) is 14.3. The first-order valence-corrected chi connectivity index (χ1v) is 8.48. The summed E-state index contributed by atoms with van der Waals surface area (Å²) in [6.07, 6.45) is 7.65. The second kappa shape index (κ2) is 6.80. The number of carbonyl (C=O) groups excluding carboxylic acids is 1. The third-order valence-corrected chi connectivity index (χ3v) is 4.44. The lowest BCUT2D eigenvalue weighted by Crippen LogP contribution is -2.20. The van der Waals surface area contributed by atoms with Crippen LogP contribution in [0.1, 0.15) is 29.6 Å². The minimum Gasteiger partial charge on any atom is -0.488 e. The summed E-state index contributed by atoms with van der Waals surface area (Å²) in [5, 5.41) is 6.64. The molecule has 2 atom stereocenters. The molecular weight excluding hydrogens is 353 g/mol. The van der Waals surface area contributed by atoms with Crippen molar-refractivity contribution >= 4 is 23.1 Å². The monoisotopic (exact) mass is 371 g/mol. The van der Waals surface area contributed by atoms with Crippen LogP contribution in [-0.4, -0.2) is 37.6 Å². The normalized spacial score (nSPS) is 19.3. The number of hydrogen-bond donors (Lipinski definition) is 3. The van der Waals surface area contributed by atoms with Gasteiger partial charge < -0.3 is 21.5 Å². The molecule has 1 fully saturated rings. The highest BCUT2D eigenvalue weighted by Gasteiger charge is 2.25. The van der Waals surface area contributed by atoms with Gasteiger partial charge in [-0.1, -0.05) is 0 Å². The van der Waals surface area contributed by atoms with Gasteiger partial charge in [-0.25, -0.2) is 13.9 Å². The molecule has 4 rings (SSSR count). The summed E-state index contributed by atoms with van der Waals surface area (Å²) in [5.41, 5.74) is 12.3. The minimum atomic E-state index is -0.588. The Morgan fingerprint density at radius 2 is 2.22 bits per heavy atom. The van der Waals surface area contributed by atoms with Gasteiger partial charge >= 0.3 is 0 Å². The molecule has 0 aromatic carbocycles. The molecule has 0 spiro atoms. The van der Waals surface area contributed by atoms with Crippen molar-refractivity contribution in [2.75, 3.05) is 11.1 Å². The molecule has 10 heteroatoms. The number of nitrogens with one attached hydrogen (secondary N) is 1. The van der Waals surface area contributed by atoms with Gasteiger partial charge in [-0.2, -0.15) is 0 Å². The molecule has 1 saturated carbocycles. The zero-order chi connectivity index (χ0) is 19.0. The van der Waals surface area contributed by atoms with Crippen molar-refractivity contribution in [3.63, 3.8) is 0 Å². The SMILES string of the molecule is Nc1nn2cc(F)cnc2c1C(=O)Nc1cnccc1O[C@H]1CCC(N)C1. The molecule has 0 radical (unpaired) electrons. The molecule has 9 nitrogen and oxygen atoms in total. The average Bonchev–Trinajstić information content (AvgIpc) is 3.18. The van der Waals surface area contributed by atoms with E-state index >= 15 is 0 Å². The van der Waals surface area contributed by atoms with Gasteiger partial charge in [0.15, 0.2) is 17.3 Å². The van der Waals surface area contributed by atoms with E-state index in [4.69, 9.17) is 16.2 Å². The molecule has 3 heterocycles. The van der Waals surface area contributed by atoms with Crippen molar-refractivity contribution in [3.8, 4) is 5.75 Å². The molecule has 27 heavy (non-hydrogen) atoms. The number of rotatable bonds is 4. The van der Waals surface area contributed by atoms with Crippen LogP contribution in [-0.2, 0) is 0 Å². The highest BCUT2D eigenvalue weighted by Crippen LogP contribution is 2.29. The summed E-state index contributed by atoms with van der Waals surface area (Å²) in [6, 6.07) is 1.80. The molecule has 140 valence electrons. The molecule has 1 amide bonds. The van der Waals surface area contributed by atoms with Crippen LogP contribution in [0.5, 0.6) is 5.75 Å². The van der Waals surface area contributed by atoms with Crippen molar-refractivity contribution in [2.45, 2.75) is 31.4 Å². The van der Waals surface area contributed by atoms with Gasteiger partial charge in [0.2, 0.25) is 0 Å². The number of aromatic nitrogens is 4. The van der Waals surface area contributed by atoms with Crippen LogP contribution in [0.25, 0.3) is 5.65 Å². The molecule has 5 N–H and O–H groups in total. The van der Waals surface area contributed by atoms with Gasteiger partial charge in [0.25, 0.3) is 5.91 Å². The van der Waals surface area contributed by atoms with Crippen molar-refractivity contribution in [1.82, 2.24) is 19.6 Å². The van der Waals surface area contributed by atoms with Gasteiger partial charge in [0.1, 0.15) is 23.1 Å². The van der Waals surface area contributed by atoms with E-state index in [1.54, 1.807) is 12.3 Å². The number of ether oxygens (including phenoxy) is 1. The summed E-state index contributed by atoms with van der Waals surface area (Å²) in [5.74, 6) is -0.692. The van der Waals surface area contributed by atoms with Gasteiger partial charge in [0, 0.05) is 18.3 Å². The van der Waals surface area contributed by atoms with E-state index in [1.165, 1.54) is 6.20 Å². The van der Waals surface area contributed by atoms with Gasteiger partial charge in [-0.3, -0.25) is 9.78 Å². The van der Waals surface area contributed by atoms with Crippen LogP contribution < -0.4 is 21.5 Å². The number of pyridine rings is 1. The minimum absolute atomic E-state index is 0.00950. The summed E-state index contributed by atoms with van der Waals surface area (Å²) in [4.78, 5) is 20.7. The fourth-order valence-corrected chi connectivity index (χ4v) is 3.17. The number of amides is 1. The van der Waals surface area contributed by atoms with E-state index in [0.29, 0.717) is 11.4 Å². The fraction of sp³-hybridized carbons (Fsp3) is 0.294. The third-order valence-electron chi connectivity index (χ3n) is 4.44. The van der Waals surface area contributed by atoms with Gasteiger partial charge in [-0.15, -0.1) is 5.10 Å². The molecule has 3 aromatic heterocycles. The van der Waals surface area contributed by atoms with E-state index in [-0.39, 0.29) is 29.2 Å². The average molecular weight is 371 g/mol. The molecule has 1 unspecified atom stereocenters. The highest BCUT2D eigenvalue weighted by molar-refractivity contribution is 6.11. The summed E-state index contributed by atoms with van der Waals surface area (Å²) in [7, 11) is 0. The van der Waals surface area contributed by atoms with Gasteiger partial charge in [0.05, 0.1) is 18.6 Å². The van der Waals surface area contributed by atoms with Crippen LogP contribution in [0.4, 0.5) is 15.9 Å². The maximum atomic E-state index is 13.3. The van der Waals surface area contributed by atoms with E-state index in [0.717, 1.165) is 36.2 Å². The van der Waals surface area contributed by atoms with Crippen LogP contribution in [0.15, 0.2) is 30.9 Å². The maximum Gasteiger partial charge on any atom is 0.263 e. The summed E-state index contributed by atoms with van der Waals surface area (Å²) >= 11 is 0. The predicted octanol–water partition coefficient (Wildman–Crippen LogP) is 1.36. The second-order valence-corrected chi connectivity index (χ2v) is 6.44. The number of carbonyl (C=O) groups is 1. The Hall–Kier alpha value is -3.27. The van der Waals surface area contributed by atoms with E-state index in [1.807, 2.05) is 0 Å². The number of halogens is 1. The largest absolute Gasteiger partial charge is 0.488 e. The Kier molecular flexibility index (Phi) is 4.32. The lowest BCUT2D eigenvalue weighted by molar-refractivity contribution is 0.102. The quantitative estimate of drug-likeness (QED) is 0.630. The second-order valence-electron chi connectivity index (χ2n) is 6.44. The molecule has 3 aromatic rings. The number of nitrogen functional groups attached to an aromatic ring is 1. The zero-order valence-corrected chi connectivity index (χ0v) is 14.3. The smallest absolute Gasteiger partial charge is 0.263 e. The third kappa shape index (κ3) is 3.38. The van der Waals surface area contributed by atoms with Crippen LogP contribution in [0, 0.1) is 5.82 Å². The number of fused-ring (bicyclic) bond motifs is 1. The molecule has 0 saturated heterocycles. The Morgan fingerprint density at radius 1 is 1.37 bits per heavy atom. The van der Waals surface area contributed by atoms with Crippen LogP contribution in [0.3, 0.4) is 0 Å². The fourth-order valence-electron chi connectivity index (χ4n) is 3.17. The number of nitrogens with zero attached hydrogens (tertiary/aromatic N) is 4. The van der Waals surface area contributed by atoms with E-state index in [9.17, 15) is 9.18 Å². The lowest BCUT2D eigenvalue weighted by atomic mass is 10.2. The topological polar surface area (TPSA) is 133 Å². The van der Waals surface area contributed by atoms with Crippen molar-refractivity contribution in [2.24, 2.45) is 5.73 Å². The number of anilines is 2. The maximum absolute atomic E-state index is 13.3. The Labute approximate surface area is 153 Å². The lowest BCUT2D eigenvalue weighted by Gasteiger charge is -2.16. The van der Waals surface area contributed by atoms with E-state index < -0.39 is 11.7 Å². The standard InChI is InChI=1S/C17H18FN7O2/c18-9-6-22-16-14(15(20)24-25(16)8-9)17(26)23-12-7-21-4-3-13(12)27-11-2-1-10(19)5-11/h3-4,6-8,10-11H,1-2,5,19H2,(H2,20,24)(H,23,26)/t10?,11-/m0/s1. The summed E-state index contributed by atoms with van der Waals surface area (Å²) in [6.45, 7) is 0. The molecule has 1 aliphatic rings. The number of nitrogens with two attached hydrogens (primary N) is 2. The van der Waals surface area contributed by atoms with E-state index in [2.05, 4.69) is 20.4 Å². The van der Waals surface area contributed by atoms with Crippen molar-refractivity contribution in [3.05, 3.63) is 42.2 Å². The highest BCUT2D eigenvalue weighted by atomic mass is 19.1. The first-order chi connectivity index (χ1) is 13.0.